The molecule has 7 aromatic rings. The van der Waals surface area contributed by atoms with Crippen LogP contribution in [0.2, 0.25) is 0 Å². The summed E-state index contributed by atoms with van der Waals surface area (Å²) in [6.45, 7) is 20.9. The molecule has 2 aliphatic rings. The van der Waals surface area contributed by atoms with Crippen molar-refractivity contribution < 1.29 is 0 Å². The van der Waals surface area contributed by atoms with Crippen LogP contribution >= 0.6 is 0 Å². The van der Waals surface area contributed by atoms with Gasteiger partial charge in [-0.05, 0) is 152 Å². The molecule has 0 amide bonds. The molecule has 4 heteroatoms. The topological polar surface area (TPSA) is 46.2 Å². The standard InChI is InChI=1S/C31H24N2.C22H24N2.C7H12.C6H10.2C2H6/c1-22-10-8-9-19-32(2)29-17-15-23(20-27(22)29)24-16-18-31-28(21-24)26-13-6-7-14-30(26)33(31)25-11-4-3-5-12-25;23-17-24-15-5-6-18-11-13-20(14-12-18)22-10-4-9-21(16-22)19-7-2-1-3-8-19;1-3-5-7-6-4-2;1-3-5-6-4-2;2*1-2/h3-21H,1H2,2H3;1-2,4-5,7,9-16,24H,3,6,8,17,23H2;3,5-7H,4H2,1-2H3;3-6H,1-2H3;2*1-2H3/b10-8-,19-9-;15-5-;5-3-,7-6-;5-3-,6-4-;;. The highest BCUT2D eigenvalue weighted by Crippen LogP contribution is 2.37. The molecule has 382 valence electrons. The molecule has 6 aromatic carbocycles. The maximum atomic E-state index is 5.39. The van der Waals surface area contributed by atoms with Gasteiger partial charge in [0.2, 0.25) is 0 Å². The van der Waals surface area contributed by atoms with Gasteiger partial charge in [-0.25, -0.2) is 0 Å². The van der Waals surface area contributed by atoms with Crippen LogP contribution in [0.1, 0.15) is 91.3 Å². The molecule has 0 radical (unpaired) electrons. The van der Waals surface area contributed by atoms with Crippen LogP contribution in [0, 0.1) is 0 Å². The SMILES string of the molecule is C/C=C\C=C/C.C/C=C\C=C/CC.C=C1/C=C\C=C/N(C)c2ccc(-c3ccc4c(c3)c3ccccc3n4-c3ccccc3)cc21.CC.CC.NCN/C=C\Cc1ccc(-c2cccc(C3=CC=CCC3)c2)cc1. The van der Waals surface area contributed by atoms with Gasteiger partial charge in [0.15, 0.2) is 0 Å². The number of nitrogens with zero attached hydrogens (tertiary/aromatic N) is 2. The zero-order valence-electron chi connectivity index (χ0n) is 45.8. The van der Waals surface area contributed by atoms with Crippen molar-refractivity contribution in [3.8, 4) is 27.9 Å². The van der Waals surface area contributed by atoms with Crippen molar-refractivity contribution in [2.45, 2.75) is 81.1 Å². The van der Waals surface area contributed by atoms with Crippen molar-refractivity contribution in [1.29, 1.82) is 0 Å². The minimum Gasteiger partial charge on any atom is -0.379 e. The molecule has 1 aromatic heterocycles. The first kappa shape index (κ1) is 58.6. The fourth-order valence-corrected chi connectivity index (χ4v) is 8.28. The van der Waals surface area contributed by atoms with Crippen LogP contribution in [0.5, 0.6) is 0 Å². The molecule has 3 N–H and O–H groups in total. The van der Waals surface area contributed by atoms with Crippen LogP contribution in [0.3, 0.4) is 0 Å². The average molecular weight is 979 g/mol. The molecule has 0 spiro atoms. The normalized spacial score (nSPS) is 13.6. The average Bonchev–Trinajstić information content (AvgIpc) is 3.80. The Morgan fingerprint density at radius 3 is 1.93 bits per heavy atom. The lowest BCUT2D eigenvalue weighted by atomic mass is 9.94. The van der Waals surface area contributed by atoms with Gasteiger partial charge >= 0.3 is 0 Å². The van der Waals surface area contributed by atoms with Gasteiger partial charge in [-0.3, -0.25) is 0 Å². The summed E-state index contributed by atoms with van der Waals surface area (Å²) in [5.41, 5.74) is 21.3. The Bertz CT molecular complexity index is 3040. The van der Waals surface area contributed by atoms with E-state index in [0.717, 1.165) is 42.5 Å². The van der Waals surface area contributed by atoms with E-state index in [4.69, 9.17) is 5.73 Å². The van der Waals surface area contributed by atoms with E-state index in [1.54, 1.807) is 0 Å². The summed E-state index contributed by atoms with van der Waals surface area (Å²) in [6.07, 6.45) is 39.4. The van der Waals surface area contributed by atoms with Crippen LogP contribution in [0.25, 0.3) is 60.9 Å². The number of nitrogens with one attached hydrogen (secondary N) is 1. The van der Waals surface area contributed by atoms with E-state index in [-0.39, 0.29) is 0 Å². The number of hydrogen-bond donors (Lipinski definition) is 2. The van der Waals surface area contributed by atoms with Gasteiger partial charge in [0.05, 0.1) is 17.7 Å². The largest absolute Gasteiger partial charge is 0.379 e. The fourth-order valence-electron chi connectivity index (χ4n) is 8.28. The number of para-hydroxylation sites is 2. The lowest BCUT2D eigenvalue weighted by Gasteiger charge is -2.21. The third kappa shape index (κ3) is 17.4. The molecule has 9 rings (SSSR count). The Hall–Kier alpha value is -7.92. The predicted octanol–water partition coefficient (Wildman–Crippen LogP) is 19.4. The molecule has 74 heavy (non-hydrogen) atoms. The maximum Gasteiger partial charge on any atom is 0.0622 e. The number of benzene rings is 6. The third-order valence-corrected chi connectivity index (χ3v) is 11.9. The second-order valence-corrected chi connectivity index (χ2v) is 16.9. The van der Waals surface area contributed by atoms with Crippen molar-refractivity contribution in [2.75, 3.05) is 18.6 Å². The molecule has 0 unspecified atom stereocenters. The Labute approximate surface area is 446 Å². The molecule has 0 fully saturated rings. The molecule has 4 nitrogen and oxygen atoms in total. The molecule has 1 aliphatic heterocycles. The number of fused-ring (bicyclic) bond motifs is 4. The highest BCUT2D eigenvalue weighted by Gasteiger charge is 2.15. The van der Waals surface area contributed by atoms with Crippen molar-refractivity contribution >= 4 is 38.6 Å². The van der Waals surface area contributed by atoms with Gasteiger partial charge in [0, 0.05) is 41.0 Å². The van der Waals surface area contributed by atoms with E-state index in [1.165, 1.54) is 66.4 Å². The highest BCUT2D eigenvalue weighted by molar-refractivity contribution is 6.10. The number of hydrogen-bond acceptors (Lipinski definition) is 3. The molecule has 0 saturated carbocycles. The first-order valence-corrected chi connectivity index (χ1v) is 26.6. The molecule has 2 heterocycles. The van der Waals surface area contributed by atoms with E-state index in [9.17, 15) is 0 Å². The van der Waals surface area contributed by atoms with Gasteiger partial charge in [0.25, 0.3) is 0 Å². The third-order valence-electron chi connectivity index (χ3n) is 11.9. The van der Waals surface area contributed by atoms with Gasteiger partial charge in [0.1, 0.15) is 0 Å². The molecular formula is C70H82N4. The van der Waals surface area contributed by atoms with E-state index in [0.29, 0.717) is 6.67 Å². The van der Waals surface area contributed by atoms with Gasteiger partial charge in [-0.15, -0.1) is 0 Å². The van der Waals surface area contributed by atoms with Gasteiger partial charge < -0.3 is 20.5 Å². The molecule has 1 aliphatic carbocycles. The Balaban J connectivity index is 0.000000252. The van der Waals surface area contributed by atoms with Crippen LogP contribution in [-0.4, -0.2) is 18.3 Å². The molecule has 0 atom stereocenters. The van der Waals surface area contributed by atoms with Crippen LogP contribution in [-0.2, 0) is 6.42 Å². The molecule has 0 saturated heterocycles. The van der Waals surface area contributed by atoms with Crippen LogP contribution < -0.4 is 16.0 Å². The van der Waals surface area contributed by atoms with Gasteiger partial charge in [-0.2, -0.15) is 0 Å². The zero-order valence-corrected chi connectivity index (χ0v) is 45.8. The summed E-state index contributed by atoms with van der Waals surface area (Å²) in [5.74, 6) is 0. The number of anilines is 1. The lowest BCUT2D eigenvalue weighted by Crippen LogP contribution is -2.15. The summed E-state index contributed by atoms with van der Waals surface area (Å²) >= 11 is 0. The van der Waals surface area contributed by atoms with Crippen LogP contribution in [0.4, 0.5) is 5.69 Å². The van der Waals surface area contributed by atoms with Crippen molar-refractivity contribution in [1.82, 2.24) is 9.88 Å². The Morgan fingerprint density at radius 2 is 1.24 bits per heavy atom. The van der Waals surface area contributed by atoms with Crippen molar-refractivity contribution in [2.24, 2.45) is 5.73 Å². The summed E-state index contributed by atoms with van der Waals surface area (Å²) in [5, 5.41) is 5.51. The van der Waals surface area contributed by atoms with E-state index < -0.39 is 0 Å². The van der Waals surface area contributed by atoms with E-state index in [2.05, 4.69) is 224 Å². The summed E-state index contributed by atoms with van der Waals surface area (Å²) in [7, 11) is 2.08. The maximum absolute atomic E-state index is 5.39. The molecular weight excluding hydrogens is 897 g/mol. The van der Waals surface area contributed by atoms with Gasteiger partial charge in [-0.1, -0.05) is 217 Å². The van der Waals surface area contributed by atoms with E-state index in [1.807, 2.05) is 103 Å². The summed E-state index contributed by atoms with van der Waals surface area (Å²) < 4.78 is 2.35. The lowest BCUT2D eigenvalue weighted by molar-refractivity contribution is 0.879. The number of aromatic nitrogens is 1. The number of nitrogens with two attached hydrogens (primary N) is 1. The number of allylic oxidation sites excluding steroid dienone is 17. The van der Waals surface area contributed by atoms with E-state index >= 15 is 0 Å². The smallest absolute Gasteiger partial charge is 0.0622 e. The first-order valence-electron chi connectivity index (χ1n) is 26.6. The van der Waals surface area contributed by atoms with Crippen LogP contribution in [0.15, 0.2) is 250 Å². The minimum absolute atomic E-state index is 0.470. The minimum atomic E-state index is 0.470. The Kier molecular flexibility index (Phi) is 26.7. The summed E-state index contributed by atoms with van der Waals surface area (Å²) in [6, 6.07) is 50.3. The number of rotatable bonds is 11. The fraction of sp³-hybridized carbons (Fsp3) is 0.200. The second kappa shape index (κ2) is 33.7. The highest BCUT2D eigenvalue weighted by atomic mass is 15.1. The predicted molar refractivity (Wildman–Crippen MR) is 332 cm³/mol. The summed E-state index contributed by atoms with van der Waals surface area (Å²) in [4.78, 5) is 2.14. The van der Waals surface area contributed by atoms with Crippen molar-refractivity contribution in [3.05, 3.63) is 266 Å². The monoisotopic (exact) mass is 979 g/mol. The molecule has 0 bridgehead atoms. The Morgan fingerprint density at radius 1 is 0.608 bits per heavy atom. The second-order valence-electron chi connectivity index (χ2n) is 16.9. The first-order chi connectivity index (χ1) is 36.4. The quantitative estimate of drug-likeness (QED) is 0.100. The zero-order chi connectivity index (χ0) is 53.3. The van der Waals surface area contributed by atoms with Crippen molar-refractivity contribution in [3.63, 3.8) is 0 Å².